The number of rotatable bonds is 7. The van der Waals surface area contributed by atoms with Gasteiger partial charge in [-0.25, -0.2) is 9.86 Å². The van der Waals surface area contributed by atoms with Crippen LogP contribution in [-0.4, -0.2) is 47.5 Å². The minimum absolute atomic E-state index is 0.0858. The molecule has 2 N–H and O–H groups in total. The van der Waals surface area contributed by atoms with Crippen molar-refractivity contribution in [1.82, 2.24) is 10.3 Å². The zero-order valence-corrected chi connectivity index (χ0v) is 24.4. The summed E-state index contributed by atoms with van der Waals surface area (Å²) in [6, 6.07) is 20.5. The Morgan fingerprint density at radius 1 is 1.00 bits per heavy atom. The first-order chi connectivity index (χ1) is 20.3. The van der Waals surface area contributed by atoms with Crippen LogP contribution in [0.5, 0.6) is 5.75 Å². The lowest BCUT2D eigenvalue weighted by atomic mass is 9.52. The van der Waals surface area contributed by atoms with Crippen LogP contribution in [0.4, 0.5) is 21.9 Å². The van der Waals surface area contributed by atoms with Crippen molar-refractivity contribution < 1.29 is 19.5 Å². The van der Waals surface area contributed by atoms with Crippen LogP contribution in [0.25, 0.3) is 11.3 Å². The number of ether oxygens (including phenoxy) is 1. The maximum absolute atomic E-state index is 13.1. The van der Waals surface area contributed by atoms with Gasteiger partial charge < -0.3 is 24.9 Å². The van der Waals surface area contributed by atoms with E-state index < -0.39 is 11.7 Å². The quantitative estimate of drug-likeness (QED) is 0.345. The summed E-state index contributed by atoms with van der Waals surface area (Å²) in [7, 11) is 0. The molecule has 8 nitrogen and oxygen atoms in total. The first kappa shape index (κ1) is 27.1. The number of hydrogen-bond acceptors (Lipinski definition) is 7. The second-order valence-corrected chi connectivity index (χ2v) is 13.1. The molecule has 2 heterocycles. The standard InChI is InChI=1S/C34H40N4O4/c1-22(2)21-41-28-11-12-29(35-20-28)24-7-9-27(10-8-24)37-13-14-38(31-6-4-3-5-30(31)37)42-33(39)36-32-25-15-23-16-26(32)19-34(40,17-23)18-25/h3-12,20,22-23,25-26,32,40H,13-19,21H2,1-2H3,(H,36,39)/t23?,25-,26+,32?,34?. The van der Waals surface area contributed by atoms with Crippen LogP contribution in [0.15, 0.2) is 66.9 Å². The molecule has 5 aliphatic rings. The number of carbonyl (C=O) groups is 1. The highest BCUT2D eigenvalue weighted by molar-refractivity contribution is 5.81. The summed E-state index contributed by atoms with van der Waals surface area (Å²) in [6.07, 6.45) is 6.08. The van der Waals surface area contributed by atoms with Gasteiger partial charge in [0.25, 0.3) is 0 Å². The van der Waals surface area contributed by atoms with Gasteiger partial charge >= 0.3 is 6.09 Å². The molecule has 8 heteroatoms. The largest absolute Gasteiger partial charge is 0.492 e. The van der Waals surface area contributed by atoms with E-state index in [9.17, 15) is 9.90 Å². The molecule has 5 atom stereocenters. The normalized spacial score (nSPS) is 27.6. The third-order valence-electron chi connectivity index (χ3n) is 9.48. The maximum Gasteiger partial charge on any atom is 0.431 e. The van der Waals surface area contributed by atoms with Crippen molar-refractivity contribution in [2.45, 2.75) is 57.6 Å². The third-order valence-corrected chi connectivity index (χ3v) is 9.48. The SMILES string of the molecule is CC(C)COc1ccc(-c2ccc(N3CCN(OC(=O)NC4[C@@H]5CC6C[C@H]4CC(O)(C6)C5)c4ccccc43)cc2)nc1. The van der Waals surface area contributed by atoms with Gasteiger partial charge in [-0.3, -0.25) is 4.98 Å². The summed E-state index contributed by atoms with van der Waals surface area (Å²) >= 11 is 0. The second-order valence-electron chi connectivity index (χ2n) is 13.1. The van der Waals surface area contributed by atoms with Crippen molar-refractivity contribution in [1.29, 1.82) is 0 Å². The number of para-hydroxylation sites is 2. The van der Waals surface area contributed by atoms with Crippen molar-refractivity contribution in [2.75, 3.05) is 29.7 Å². The van der Waals surface area contributed by atoms with E-state index in [2.05, 4.69) is 59.4 Å². The molecule has 3 aromatic rings. The highest BCUT2D eigenvalue weighted by Crippen LogP contribution is 2.55. The third kappa shape index (κ3) is 5.28. The topological polar surface area (TPSA) is 87.2 Å². The Balaban J connectivity index is 1.02. The molecule has 4 fully saturated rings. The summed E-state index contributed by atoms with van der Waals surface area (Å²) in [5.41, 5.74) is 4.34. The highest BCUT2D eigenvalue weighted by Gasteiger charge is 2.55. The fourth-order valence-corrected chi connectivity index (χ4v) is 7.89. The summed E-state index contributed by atoms with van der Waals surface area (Å²) in [6.45, 7) is 6.15. The molecule has 0 spiro atoms. The molecule has 42 heavy (non-hydrogen) atoms. The molecule has 4 saturated carbocycles. The molecule has 8 rings (SSSR count). The second kappa shape index (κ2) is 10.8. The van der Waals surface area contributed by atoms with Gasteiger partial charge in [-0.15, -0.1) is 0 Å². The Hall–Kier alpha value is -3.78. The lowest BCUT2D eigenvalue weighted by Crippen LogP contribution is -2.62. The van der Waals surface area contributed by atoms with Crippen LogP contribution in [0.1, 0.15) is 46.0 Å². The molecule has 1 aliphatic heterocycles. The van der Waals surface area contributed by atoms with E-state index in [0.29, 0.717) is 43.4 Å². The van der Waals surface area contributed by atoms with Crippen molar-refractivity contribution in [3.05, 3.63) is 66.9 Å². The van der Waals surface area contributed by atoms with Crippen LogP contribution in [0.2, 0.25) is 0 Å². The number of aliphatic hydroxyl groups is 1. The molecular weight excluding hydrogens is 528 g/mol. The van der Waals surface area contributed by atoms with Crippen molar-refractivity contribution in [3.63, 3.8) is 0 Å². The van der Waals surface area contributed by atoms with Crippen molar-refractivity contribution >= 4 is 23.2 Å². The molecule has 2 aromatic carbocycles. The minimum atomic E-state index is -0.519. The molecule has 1 aromatic heterocycles. The number of benzene rings is 2. The molecule has 3 unspecified atom stereocenters. The Labute approximate surface area is 247 Å². The summed E-state index contributed by atoms with van der Waals surface area (Å²) in [5.74, 6) is 2.53. The fraction of sp³-hybridized carbons (Fsp3) is 0.471. The van der Waals surface area contributed by atoms with E-state index >= 15 is 0 Å². The van der Waals surface area contributed by atoms with Crippen LogP contribution >= 0.6 is 0 Å². The van der Waals surface area contributed by atoms with Crippen molar-refractivity contribution in [2.24, 2.45) is 23.7 Å². The van der Waals surface area contributed by atoms with E-state index in [4.69, 9.17) is 9.57 Å². The predicted octanol–water partition coefficient (Wildman–Crippen LogP) is 6.32. The number of hydroxylamine groups is 1. The Bertz CT molecular complexity index is 1410. The monoisotopic (exact) mass is 568 g/mol. The smallest absolute Gasteiger partial charge is 0.431 e. The van der Waals surface area contributed by atoms with Gasteiger partial charge in [0.1, 0.15) is 5.75 Å². The van der Waals surface area contributed by atoms with Crippen LogP contribution in [0.3, 0.4) is 0 Å². The van der Waals surface area contributed by atoms with Gasteiger partial charge in [0.05, 0.1) is 42.0 Å². The zero-order chi connectivity index (χ0) is 28.8. The van der Waals surface area contributed by atoms with E-state index in [1.54, 1.807) is 11.3 Å². The number of hydrogen-bond donors (Lipinski definition) is 2. The number of aromatic nitrogens is 1. The van der Waals surface area contributed by atoms with E-state index in [1.165, 1.54) is 0 Å². The van der Waals surface area contributed by atoms with Gasteiger partial charge in [0.2, 0.25) is 0 Å². The number of fused-ring (bicyclic) bond motifs is 1. The number of nitrogens with one attached hydrogen (secondary N) is 1. The Morgan fingerprint density at radius 2 is 1.74 bits per heavy atom. The predicted molar refractivity (Wildman–Crippen MR) is 163 cm³/mol. The van der Waals surface area contributed by atoms with Gasteiger partial charge in [0, 0.05) is 23.8 Å². The Morgan fingerprint density at radius 3 is 2.40 bits per heavy atom. The van der Waals surface area contributed by atoms with Gasteiger partial charge in [0.15, 0.2) is 0 Å². The minimum Gasteiger partial charge on any atom is -0.492 e. The van der Waals surface area contributed by atoms with Crippen molar-refractivity contribution in [3.8, 4) is 17.0 Å². The number of nitrogens with zero attached hydrogens (tertiary/aromatic N) is 3. The molecule has 0 saturated heterocycles. The average molecular weight is 569 g/mol. The Kier molecular flexibility index (Phi) is 6.97. The number of amides is 1. The summed E-state index contributed by atoms with van der Waals surface area (Å²) in [4.78, 5) is 25.9. The van der Waals surface area contributed by atoms with Crippen LogP contribution in [-0.2, 0) is 4.84 Å². The maximum atomic E-state index is 13.1. The van der Waals surface area contributed by atoms with Crippen LogP contribution in [0, 0.1) is 23.7 Å². The average Bonchev–Trinajstić information content (AvgIpc) is 2.98. The van der Waals surface area contributed by atoms with E-state index in [0.717, 1.165) is 66.2 Å². The summed E-state index contributed by atoms with van der Waals surface area (Å²) < 4.78 is 5.77. The van der Waals surface area contributed by atoms with E-state index in [1.807, 2.05) is 30.3 Å². The van der Waals surface area contributed by atoms with E-state index in [-0.39, 0.29) is 6.04 Å². The molecule has 4 aliphatic carbocycles. The van der Waals surface area contributed by atoms with Gasteiger partial charge in [-0.1, -0.05) is 38.1 Å². The van der Waals surface area contributed by atoms with Crippen LogP contribution < -0.4 is 20.0 Å². The first-order valence-corrected chi connectivity index (χ1v) is 15.4. The first-order valence-electron chi connectivity index (χ1n) is 15.4. The molecule has 1 amide bonds. The number of anilines is 3. The number of carbonyl (C=O) groups excluding carboxylic acids is 1. The van der Waals surface area contributed by atoms with Gasteiger partial charge in [-0.2, -0.15) is 0 Å². The number of pyridine rings is 1. The molecule has 0 radical (unpaired) electrons. The zero-order valence-electron chi connectivity index (χ0n) is 24.4. The highest BCUT2D eigenvalue weighted by atomic mass is 16.7. The van der Waals surface area contributed by atoms with Gasteiger partial charge in [-0.05, 0) is 92.2 Å². The lowest BCUT2D eigenvalue weighted by molar-refractivity contribution is -0.137. The molecule has 220 valence electrons. The fourth-order valence-electron chi connectivity index (χ4n) is 7.89. The molecular formula is C34H40N4O4. The molecule has 4 bridgehead atoms. The summed E-state index contributed by atoms with van der Waals surface area (Å²) in [5, 5.41) is 15.8. The lowest BCUT2D eigenvalue weighted by Gasteiger charge is -2.57.